The fourth-order valence-corrected chi connectivity index (χ4v) is 2.14. The van der Waals surface area contributed by atoms with Crippen LogP contribution in [0.15, 0.2) is 0 Å². The third kappa shape index (κ3) is 1.96. The van der Waals surface area contributed by atoms with Gasteiger partial charge in [-0.25, -0.2) is 0 Å². The van der Waals surface area contributed by atoms with Crippen molar-refractivity contribution < 1.29 is 18.9 Å². The van der Waals surface area contributed by atoms with Gasteiger partial charge in [0.2, 0.25) is 5.72 Å². The summed E-state index contributed by atoms with van der Waals surface area (Å²) in [4.78, 5) is 0. The highest BCUT2D eigenvalue weighted by Gasteiger charge is 2.72. The Hall–Kier alpha value is -2.92. The van der Waals surface area contributed by atoms with Crippen molar-refractivity contribution in [3.8, 4) is 25.0 Å². The first kappa shape index (κ1) is 15.1. The lowest BCUT2D eigenvalue weighted by molar-refractivity contribution is -0.336. The van der Waals surface area contributed by atoms with Crippen LogP contribution >= 0.6 is 0 Å². The molecule has 2 unspecified atom stereocenters. The Kier molecular flexibility index (Phi) is 4.07. The van der Waals surface area contributed by atoms with E-state index in [2.05, 4.69) is 9.47 Å². The van der Waals surface area contributed by atoms with Crippen molar-refractivity contribution >= 4 is 0 Å². The molecule has 1 rings (SSSR count). The number of nitriles is 4. The third-order valence-corrected chi connectivity index (χ3v) is 3.10. The number of rotatable bonds is 4. The summed E-state index contributed by atoms with van der Waals surface area (Å²) in [6.45, 7) is 0. The number of nitrogens with zero attached hydrogens (tertiary/aromatic N) is 4. The van der Waals surface area contributed by atoms with E-state index in [-0.39, 0.29) is 19.3 Å². The summed E-state index contributed by atoms with van der Waals surface area (Å²) in [7, 11) is 0. The molecule has 1 saturated carbocycles. The van der Waals surface area contributed by atoms with Gasteiger partial charge in [0.15, 0.2) is 0 Å². The van der Waals surface area contributed by atoms with Crippen molar-refractivity contribution in [1.82, 2.24) is 0 Å². The molecular weight excluding hydrogens is 268 g/mol. The highest BCUT2D eigenvalue weighted by atomic mass is 16.7. The van der Waals surface area contributed by atoms with Crippen LogP contribution in [0.2, 0.25) is 0 Å². The van der Waals surface area contributed by atoms with Crippen molar-refractivity contribution in [3.05, 3.63) is 0 Å². The monoisotopic (exact) mass is 278 g/mol. The summed E-state index contributed by atoms with van der Waals surface area (Å²) in [5.41, 5.74) is 7.36. The molecule has 1 aliphatic carbocycles. The van der Waals surface area contributed by atoms with E-state index in [4.69, 9.17) is 42.0 Å². The van der Waals surface area contributed by atoms with Crippen LogP contribution in [0, 0.1) is 46.1 Å². The molecule has 4 N–H and O–H groups in total. The summed E-state index contributed by atoms with van der Waals surface area (Å²) >= 11 is 0. The fourth-order valence-electron chi connectivity index (χ4n) is 2.14. The van der Waals surface area contributed by atoms with Gasteiger partial charge in [0.25, 0.3) is 25.0 Å². The Labute approximate surface area is 114 Å². The van der Waals surface area contributed by atoms with Gasteiger partial charge in [0.1, 0.15) is 0 Å². The van der Waals surface area contributed by atoms with E-state index in [9.17, 15) is 0 Å². The van der Waals surface area contributed by atoms with Crippen LogP contribution in [0.4, 0.5) is 0 Å². The first-order valence-electron chi connectivity index (χ1n) is 5.31. The van der Waals surface area contributed by atoms with E-state index in [1.165, 1.54) is 25.0 Å². The normalized spacial score (nSPS) is 30.5. The van der Waals surface area contributed by atoms with Crippen molar-refractivity contribution in [2.45, 2.75) is 36.5 Å². The molecule has 0 amide bonds. The molecule has 0 aromatic heterocycles. The maximum Gasteiger partial charge on any atom is 0.334 e. The summed E-state index contributed by atoms with van der Waals surface area (Å²) < 4.78 is 18.8. The van der Waals surface area contributed by atoms with Gasteiger partial charge < -0.3 is 18.9 Å². The topological polar surface area (TPSA) is 184 Å². The van der Waals surface area contributed by atoms with Gasteiger partial charge in [-0.3, -0.25) is 11.5 Å². The Balaban J connectivity index is 3.42. The van der Waals surface area contributed by atoms with E-state index < -0.39 is 17.2 Å². The van der Waals surface area contributed by atoms with E-state index in [1.54, 1.807) is 0 Å². The molecule has 0 aromatic carbocycles. The van der Waals surface area contributed by atoms with E-state index in [0.29, 0.717) is 0 Å². The van der Waals surface area contributed by atoms with Gasteiger partial charge >= 0.3 is 11.5 Å². The van der Waals surface area contributed by atoms with Gasteiger partial charge in [-0.15, -0.1) is 0 Å². The molecular formula is C10H10N6O4. The van der Waals surface area contributed by atoms with Gasteiger partial charge in [0.05, 0.1) is 0 Å². The minimum absolute atomic E-state index is 0.0179. The molecule has 0 radical (unpaired) electrons. The molecule has 1 fully saturated rings. The first-order valence-corrected chi connectivity index (χ1v) is 5.31. The predicted octanol–water partition coefficient (Wildman–Crippen LogP) is -0.833. The molecule has 0 heterocycles. The Morgan fingerprint density at radius 2 is 1.25 bits per heavy atom. The minimum Gasteiger partial charge on any atom is -0.399 e. The minimum atomic E-state index is -2.37. The second-order valence-corrected chi connectivity index (χ2v) is 4.00. The fraction of sp³-hybridized carbons (Fsp3) is 0.600. The molecule has 2 atom stereocenters. The third-order valence-electron chi connectivity index (χ3n) is 3.10. The lowest BCUT2D eigenvalue weighted by Gasteiger charge is -2.50. The van der Waals surface area contributed by atoms with Crippen LogP contribution in [0.1, 0.15) is 19.3 Å². The zero-order valence-corrected chi connectivity index (χ0v) is 10.2. The van der Waals surface area contributed by atoms with Crippen LogP contribution in [-0.2, 0) is 18.9 Å². The Morgan fingerprint density at radius 3 is 1.70 bits per heavy atom. The van der Waals surface area contributed by atoms with Crippen molar-refractivity contribution in [3.63, 3.8) is 0 Å². The zero-order chi connectivity index (χ0) is 15.3. The lowest BCUT2D eigenvalue weighted by atomic mass is 9.78. The second-order valence-electron chi connectivity index (χ2n) is 4.00. The first-order chi connectivity index (χ1) is 9.45. The van der Waals surface area contributed by atoms with Crippen molar-refractivity contribution in [1.29, 1.82) is 21.0 Å². The van der Waals surface area contributed by atoms with E-state index in [0.717, 1.165) is 0 Å². The number of ether oxygens (including phenoxy) is 4. The molecule has 1 aliphatic rings. The largest absolute Gasteiger partial charge is 0.399 e. The molecule has 0 saturated heterocycles. The molecule has 10 heteroatoms. The Bertz CT molecular complexity index is 524. The van der Waals surface area contributed by atoms with E-state index >= 15 is 0 Å². The quantitative estimate of drug-likeness (QED) is 0.485. The lowest BCUT2D eigenvalue weighted by Crippen LogP contribution is -2.80. The predicted molar refractivity (Wildman–Crippen MR) is 57.2 cm³/mol. The smallest absolute Gasteiger partial charge is 0.334 e. The summed E-state index contributed by atoms with van der Waals surface area (Å²) in [6.07, 6.45) is 5.46. The molecule has 10 nitrogen and oxygen atoms in total. The molecule has 20 heavy (non-hydrogen) atoms. The van der Waals surface area contributed by atoms with Gasteiger partial charge in [-0.2, -0.15) is 21.0 Å². The summed E-state index contributed by atoms with van der Waals surface area (Å²) in [6, 6.07) is 0. The standard InChI is InChI=1S/C10H10N6O4/c11-4-17-8(15)2-1-3-9(18-5-12,19-6-13)10(8,16)20-7-14/h1-3,15-16H2. The highest BCUT2D eigenvalue weighted by Crippen LogP contribution is 2.45. The summed E-state index contributed by atoms with van der Waals surface area (Å²) in [5.74, 6) is -2.17. The number of hydrogen-bond acceptors (Lipinski definition) is 10. The zero-order valence-electron chi connectivity index (χ0n) is 10.2. The maximum absolute atomic E-state index is 8.73. The highest BCUT2D eigenvalue weighted by molar-refractivity contribution is 5.12. The Morgan fingerprint density at radius 1 is 0.750 bits per heavy atom. The van der Waals surface area contributed by atoms with Crippen LogP contribution in [0.25, 0.3) is 0 Å². The van der Waals surface area contributed by atoms with Gasteiger partial charge in [-0.1, -0.05) is 0 Å². The van der Waals surface area contributed by atoms with Crippen LogP contribution in [0.5, 0.6) is 0 Å². The average molecular weight is 278 g/mol. The second kappa shape index (κ2) is 5.38. The SMILES string of the molecule is N#COC1(N)CCCC(OC#N)(OC#N)C1(N)OC#N. The molecule has 0 aliphatic heterocycles. The molecule has 0 spiro atoms. The van der Waals surface area contributed by atoms with Crippen molar-refractivity contribution in [2.75, 3.05) is 0 Å². The van der Waals surface area contributed by atoms with Gasteiger partial charge in [-0.05, 0) is 6.42 Å². The van der Waals surface area contributed by atoms with Crippen LogP contribution in [-0.4, -0.2) is 17.2 Å². The van der Waals surface area contributed by atoms with E-state index in [1.807, 2.05) is 0 Å². The molecule has 0 aromatic rings. The summed E-state index contributed by atoms with van der Waals surface area (Å²) in [5, 5.41) is 34.8. The van der Waals surface area contributed by atoms with Crippen LogP contribution < -0.4 is 11.5 Å². The van der Waals surface area contributed by atoms with Crippen LogP contribution in [0.3, 0.4) is 0 Å². The van der Waals surface area contributed by atoms with Crippen molar-refractivity contribution in [2.24, 2.45) is 11.5 Å². The van der Waals surface area contributed by atoms with Gasteiger partial charge in [0, 0.05) is 12.8 Å². The molecule has 104 valence electrons. The maximum atomic E-state index is 8.73. The molecule has 0 bridgehead atoms. The number of nitrogens with two attached hydrogens (primary N) is 2. The average Bonchev–Trinajstić information content (AvgIpc) is 2.38. The number of hydrogen-bond donors (Lipinski definition) is 2.